The molecule has 1 atom stereocenters. The number of nitrogens with zero attached hydrogens (tertiary/aromatic N) is 2. The molecule has 0 aliphatic carbocycles. The maximum Gasteiger partial charge on any atom is 0.260 e. The van der Waals surface area contributed by atoms with Crippen molar-refractivity contribution in [1.29, 1.82) is 0 Å². The van der Waals surface area contributed by atoms with Crippen molar-refractivity contribution < 1.29 is 18.7 Å². The van der Waals surface area contributed by atoms with Crippen LogP contribution in [0.25, 0.3) is 0 Å². The highest BCUT2D eigenvalue weighted by Crippen LogP contribution is 2.21. The molecule has 1 unspecified atom stereocenters. The smallest absolute Gasteiger partial charge is 0.260 e. The van der Waals surface area contributed by atoms with E-state index in [0.717, 1.165) is 51.9 Å². The number of amides is 1. The summed E-state index contributed by atoms with van der Waals surface area (Å²) in [6, 6.07) is 6.05. The quantitative estimate of drug-likeness (QED) is 0.763. The van der Waals surface area contributed by atoms with Crippen molar-refractivity contribution in [1.82, 2.24) is 9.80 Å². The van der Waals surface area contributed by atoms with E-state index in [9.17, 15) is 9.18 Å². The van der Waals surface area contributed by atoms with Gasteiger partial charge in [0.15, 0.2) is 6.61 Å². The maximum absolute atomic E-state index is 13.0. The largest absolute Gasteiger partial charge is 0.484 e. The first kappa shape index (κ1) is 20.1. The van der Waals surface area contributed by atoms with E-state index in [1.54, 1.807) is 19.2 Å². The van der Waals surface area contributed by atoms with Crippen molar-refractivity contribution in [2.24, 2.45) is 0 Å². The van der Waals surface area contributed by atoms with E-state index < -0.39 is 0 Å². The Hall–Kier alpha value is -1.66. The van der Waals surface area contributed by atoms with Crippen molar-refractivity contribution in [2.75, 3.05) is 39.9 Å². The fourth-order valence-electron chi connectivity index (χ4n) is 4.08. The number of likely N-dealkylation sites (tertiary alicyclic amines) is 2. The molecule has 3 rings (SSSR count). The van der Waals surface area contributed by atoms with Gasteiger partial charge in [-0.1, -0.05) is 12.8 Å². The van der Waals surface area contributed by atoms with E-state index >= 15 is 0 Å². The third-order valence-electron chi connectivity index (χ3n) is 5.71. The van der Waals surface area contributed by atoms with Crippen LogP contribution in [0.1, 0.15) is 38.5 Å². The molecule has 2 saturated heterocycles. The molecule has 6 heteroatoms. The highest BCUT2D eigenvalue weighted by Gasteiger charge is 2.29. The Morgan fingerprint density at radius 3 is 2.52 bits per heavy atom. The van der Waals surface area contributed by atoms with Crippen molar-refractivity contribution in [2.45, 2.75) is 50.7 Å². The second-order valence-electron chi connectivity index (χ2n) is 7.57. The highest BCUT2D eigenvalue weighted by molar-refractivity contribution is 5.78. The van der Waals surface area contributed by atoms with Gasteiger partial charge < -0.3 is 19.3 Å². The summed E-state index contributed by atoms with van der Waals surface area (Å²) >= 11 is 0. The average molecular weight is 378 g/mol. The third-order valence-corrected chi connectivity index (χ3v) is 5.71. The monoisotopic (exact) mass is 378 g/mol. The summed E-state index contributed by atoms with van der Waals surface area (Å²) in [6.07, 6.45) is 6.93. The second-order valence-corrected chi connectivity index (χ2v) is 7.57. The molecule has 2 aliphatic heterocycles. The molecule has 0 radical (unpaired) electrons. The van der Waals surface area contributed by atoms with Crippen molar-refractivity contribution in [3.8, 4) is 5.75 Å². The van der Waals surface area contributed by atoms with Crippen LogP contribution in [0.15, 0.2) is 24.3 Å². The summed E-state index contributed by atoms with van der Waals surface area (Å²) in [5.41, 5.74) is 0. The molecule has 0 N–H and O–H groups in total. The van der Waals surface area contributed by atoms with E-state index in [1.165, 1.54) is 25.0 Å². The first-order chi connectivity index (χ1) is 13.2. The molecular formula is C21H31FN2O3. The number of rotatable bonds is 6. The third kappa shape index (κ3) is 5.91. The Kier molecular flexibility index (Phi) is 7.47. The minimum Gasteiger partial charge on any atom is -0.484 e. The maximum atomic E-state index is 13.0. The predicted molar refractivity (Wildman–Crippen MR) is 102 cm³/mol. The average Bonchev–Trinajstić information content (AvgIpc) is 2.93. The zero-order valence-electron chi connectivity index (χ0n) is 16.2. The molecule has 2 heterocycles. The van der Waals surface area contributed by atoms with Crippen LogP contribution >= 0.6 is 0 Å². The normalized spacial score (nSPS) is 22.4. The molecule has 0 aromatic heterocycles. The molecular weight excluding hydrogens is 347 g/mol. The minimum atomic E-state index is -0.307. The summed E-state index contributed by atoms with van der Waals surface area (Å²) in [6.45, 7) is 3.80. The number of hydrogen-bond donors (Lipinski definition) is 0. The number of ether oxygens (including phenoxy) is 2. The number of piperidine rings is 1. The summed E-state index contributed by atoms with van der Waals surface area (Å²) in [7, 11) is 1.78. The highest BCUT2D eigenvalue weighted by atomic mass is 19.1. The van der Waals surface area contributed by atoms with E-state index in [2.05, 4.69) is 4.90 Å². The summed E-state index contributed by atoms with van der Waals surface area (Å²) in [4.78, 5) is 17.3. The zero-order valence-corrected chi connectivity index (χ0v) is 16.2. The summed E-state index contributed by atoms with van der Waals surface area (Å²) < 4.78 is 24.1. The number of methoxy groups -OCH3 is 1. The van der Waals surface area contributed by atoms with Gasteiger partial charge >= 0.3 is 0 Å². The first-order valence-electron chi connectivity index (χ1n) is 10.1. The topological polar surface area (TPSA) is 42.0 Å². The fraction of sp³-hybridized carbons (Fsp3) is 0.667. The Morgan fingerprint density at radius 2 is 1.81 bits per heavy atom. The van der Waals surface area contributed by atoms with Gasteiger partial charge in [0.25, 0.3) is 5.91 Å². The minimum absolute atomic E-state index is 0.00782. The molecule has 2 aliphatic rings. The lowest BCUT2D eigenvalue weighted by atomic mass is 10.0. The van der Waals surface area contributed by atoms with E-state index in [0.29, 0.717) is 11.9 Å². The van der Waals surface area contributed by atoms with Gasteiger partial charge in [-0.05, 0) is 49.9 Å². The zero-order chi connectivity index (χ0) is 19.1. The van der Waals surface area contributed by atoms with Crippen LogP contribution < -0.4 is 4.74 Å². The van der Waals surface area contributed by atoms with Crippen LogP contribution in [-0.2, 0) is 9.53 Å². The second kappa shape index (κ2) is 10.0. The lowest BCUT2D eigenvalue weighted by Crippen LogP contribution is -2.50. The molecule has 1 amide bonds. The van der Waals surface area contributed by atoms with Gasteiger partial charge in [0.05, 0.1) is 6.10 Å². The van der Waals surface area contributed by atoms with Crippen LogP contribution in [0, 0.1) is 5.82 Å². The molecule has 1 aromatic rings. The SMILES string of the molecule is COC1CCN(CC2CCCCCN2C(=O)COc2ccc(F)cc2)CC1. The molecule has 0 bridgehead atoms. The van der Waals surface area contributed by atoms with Crippen molar-refractivity contribution in [3.05, 3.63) is 30.1 Å². The lowest BCUT2D eigenvalue weighted by molar-refractivity contribution is -0.136. The number of benzene rings is 1. The Morgan fingerprint density at radius 1 is 1.07 bits per heavy atom. The van der Waals surface area contributed by atoms with E-state index in [4.69, 9.17) is 9.47 Å². The number of carbonyl (C=O) groups excluding carboxylic acids is 1. The standard InChI is InChI=1S/C21H31FN2O3/c1-26-19-10-13-23(14-11-19)15-18-5-3-2-4-12-24(18)21(25)16-27-20-8-6-17(22)7-9-20/h6-9,18-19H,2-5,10-16H2,1H3. The van der Waals surface area contributed by atoms with Crippen LogP contribution in [0.3, 0.4) is 0 Å². The van der Waals surface area contributed by atoms with Gasteiger partial charge in [0, 0.05) is 39.3 Å². The number of carbonyl (C=O) groups is 1. The van der Waals surface area contributed by atoms with Crippen LogP contribution in [0.5, 0.6) is 5.75 Å². The van der Waals surface area contributed by atoms with E-state index in [-0.39, 0.29) is 24.4 Å². The van der Waals surface area contributed by atoms with Crippen molar-refractivity contribution >= 4 is 5.91 Å². The summed E-state index contributed by atoms with van der Waals surface area (Å²) in [5.74, 6) is 0.245. The Balaban J connectivity index is 1.55. The van der Waals surface area contributed by atoms with Crippen LogP contribution in [-0.4, -0.2) is 67.7 Å². The predicted octanol–water partition coefficient (Wildman–Crippen LogP) is 3.09. The van der Waals surface area contributed by atoms with Gasteiger partial charge in [-0.15, -0.1) is 0 Å². The van der Waals surface area contributed by atoms with Gasteiger partial charge in [-0.2, -0.15) is 0 Å². The molecule has 2 fully saturated rings. The van der Waals surface area contributed by atoms with Gasteiger partial charge in [-0.3, -0.25) is 4.79 Å². The molecule has 0 spiro atoms. The first-order valence-corrected chi connectivity index (χ1v) is 10.1. The van der Waals surface area contributed by atoms with E-state index in [1.807, 2.05) is 4.90 Å². The van der Waals surface area contributed by atoms with Crippen LogP contribution in [0.2, 0.25) is 0 Å². The van der Waals surface area contributed by atoms with Crippen LogP contribution in [0.4, 0.5) is 4.39 Å². The summed E-state index contributed by atoms with van der Waals surface area (Å²) in [5, 5.41) is 0. The molecule has 0 saturated carbocycles. The molecule has 150 valence electrons. The van der Waals surface area contributed by atoms with Gasteiger partial charge in [-0.25, -0.2) is 4.39 Å². The lowest BCUT2D eigenvalue weighted by Gasteiger charge is -2.37. The van der Waals surface area contributed by atoms with Crippen molar-refractivity contribution in [3.63, 3.8) is 0 Å². The van der Waals surface area contributed by atoms with Gasteiger partial charge in [0.1, 0.15) is 11.6 Å². The number of halogens is 1. The molecule has 27 heavy (non-hydrogen) atoms. The Bertz CT molecular complexity index is 588. The molecule has 5 nitrogen and oxygen atoms in total. The van der Waals surface area contributed by atoms with Gasteiger partial charge in [0.2, 0.25) is 0 Å². The molecule has 1 aromatic carbocycles. The number of hydrogen-bond acceptors (Lipinski definition) is 4. The Labute approximate surface area is 161 Å². The fourth-order valence-corrected chi connectivity index (χ4v) is 4.08.